The standard InChI is InChI=1S/C19H28N4O2/c1-13(16-10-21-11-16)19(25)22-17-4-2-3-14(9-17)12-23-7-5-15(6-8-23)18(20)24/h2-4,9,13,15-16,21H,5-8,10-12H2,1H3,(H2,20,24)(H,22,25). The van der Waals surface area contributed by atoms with Crippen molar-refractivity contribution in [1.29, 1.82) is 0 Å². The minimum absolute atomic E-state index is 0.0179. The van der Waals surface area contributed by atoms with Gasteiger partial charge < -0.3 is 16.4 Å². The number of likely N-dealkylation sites (tertiary alicyclic amines) is 1. The zero-order valence-electron chi connectivity index (χ0n) is 14.8. The van der Waals surface area contributed by atoms with Gasteiger partial charge in [0.1, 0.15) is 0 Å². The van der Waals surface area contributed by atoms with Crippen LogP contribution in [0, 0.1) is 17.8 Å². The van der Waals surface area contributed by atoms with Crippen LogP contribution in [0.4, 0.5) is 5.69 Å². The molecule has 3 rings (SSSR count). The van der Waals surface area contributed by atoms with Gasteiger partial charge in [-0.15, -0.1) is 0 Å². The van der Waals surface area contributed by atoms with Gasteiger partial charge in [0, 0.05) is 24.1 Å². The van der Waals surface area contributed by atoms with Crippen molar-refractivity contribution in [2.45, 2.75) is 26.3 Å². The molecule has 1 aromatic rings. The zero-order chi connectivity index (χ0) is 17.8. The van der Waals surface area contributed by atoms with Gasteiger partial charge in [-0.25, -0.2) is 0 Å². The fraction of sp³-hybridized carbons (Fsp3) is 0.579. The number of nitrogens with one attached hydrogen (secondary N) is 2. The number of piperidine rings is 1. The van der Waals surface area contributed by atoms with E-state index in [1.54, 1.807) is 0 Å². The van der Waals surface area contributed by atoms with Crippen LogP contribution >= 0.6 is 0 Å². The Bertz CT molecular complexity index is 622. The molecule has 136 valence electrons. The quantitative estimate of drug-likeness (QED) is 0.723. The molecule has 2 fully saturated rings. The highest BCUT2D eigenvalue weighted by Gasteiger charge is 2.28. The molecule has 0 radical (unpaired) electrons. The minimum Gasteiger partial charge on any atom is -0.369 e. The summed E-state index contributed by atoms with van der Waals surface area (Å²) in [6.07, 6.45) is 1.66. The largest absolute Gasteiger partial charge is 0.369 e. The van der Waals surface area contributed by atoms with E-state index < -0.39 is 0 Å². The number of hydrogen-bond acceptors (Lipinski definition) is 4. The van der Waals surface area contributed by atoms with Gasteiger partial charge >= 0.3 is 0 Å². The fourth-order valence-electron chi connectivity index (χ4n) is 3.52. The van der Waals surface area contributed by atoms with Crippen LogP contribution in [-0.2, 0) is 16.1 Å². The molecule has 0 bridgehead atoms. The lowest BCUT2D eigenvalue weighted by Crippen LogP contribution is -2.48. The van der Waals surface area contributed by atoms with E-state index >= 15 is 0 Å². The third-order valence-corrected chi connectivity index (χ3v) is 5.52. The number of hydrogen-bond donors (Lipinski definition) is 3. The Morgan fingerprint density at radius 2 is 2.04 bits per heavy atom. The van der Waals surface area contributed by atoms with E-state index in [0.717, 1.165) is 51.3 Å². The molecule has 2 heterocycles. The molecule has 2 aliphatic heterocycles. The molecule has 1 unspecified atom stereocenters. The van der Waals surface area contributed by atoms with E-state index in [-0.39, 0.29) is 23.7 Å². The van der Waals surface area contributed by atoms with Gasteiger partial charge in [0.25, 0.3) is 0 Å². The molecular weight excluding hydrogens is 316 g/mol. The third-order valence-electron chi connectivity index (χ3n) is 5.52. The van der Waals surface area contributed by atoms with Crippen molar-refractivity contribution in [3.63, 3.8) is 0 Å². The van der Waals surface area contributed by atoms with E-state index in [1.807, 2.05) is 25.1 Å². The molecule has 1 aromatic carbocycles. The lowest BCUT2D eigenvalue weighted by Gasteiger charge is -2.32. The molecule has 0 saturated carbocycles. The summed E-state index contributed by atoms with van der Waals surface area (Å²) in [6, 6.07) is 8.04. The van der Waals surface area contributed by atoms with Crippen LogP contribution in [0.15, 0.2) is 24.3 Å². The van der Waals surface area contributed by atoms with Crippen molar-refractivity contribution in [2.24, 2.45) is 23.5 Å². The summed E-state index contributed by atoms with van der Waals surface area (Å²) < 4.78 is 0. The maximum atomic E-state index is 12.4. The zero-order valence-corrected chi connectivity index (χ0v) is 14.8. The van der Waals surface area contributed by atoms with E-state index in [2.05, 4.69) is 21.6 Å². The Labute approximate surface area is 149 Å². The monoisotopic (exact) mass is 344 g/mol. The van der Waals surface area contributed by atoms with Gasteiger partial charge in [0.05, 0.1) is 0 Å². The van der Waals surface area contributed by atoms with Crippen molar-refractivity contribution in [2.75, 3.05) is 31.5 Å². The van der Waals surface area contributed by atoms with E-state index in [9.17, 15) is 9.59 Å². The highest BCUT2D eigenvalue weighted by atomic mass is 16.2. The van der Waals surface area contributed by atoms with Crippen LogP contribution in [0.1, 0.15) is 25.3 Å². The predicted molar refractivity (Wildman–Crippen MR) is 97.8 cm³/mol. The Morgan fingerprint density at radius 3 is 2.64 bits per heavy atom. The molecule has 6 heteroatoms. The SMILES string of the molecule is CC(C(=O)Nc1cccc(CN2CCC(C(N)=O)CC2)c1)C1CNC1. The predicted octanol–water partition coefficient (Wildman–Crippen LogP) is 1.18. The summed E-state index contributed by atoms with van der Waals surface area (Å²) in [4.78, 5) is 25.9. The number of primary amides is 1. The Morgan fingerprint density at radius 1 is 1.32 bits per heavy atom. The first-order valence-corrected chi connectivity index (χ1v) is 9.15. The highest BCUT2D eigenvalue weighted by molar-refractivity contribution is 5.92. The molecule has 6 nitrogen and oxygen atoms in total. The Balaban J connectivity index is 1.53. The molecular formula is C19H28N4O2. The second-order valence-electron chi connectivity index (χ2n) is 7.35. The number of nitrogens with two attached hydrogens (primary N) is 1. The maximum Gasteiger partial charge on any atom is 0.227 e. The molecule has 2 aliphatic rings. The fourth-order valence-corrected chi connectivity index (χ4v) is 3.52. The van der Waals surface area contributed by atoms with E-state index in [1.165, 1.54) is 5.56 Å². The molecule has 0 aromatic heterocycles. The van der Waals surface area contributed by atoms with Gasteiger partial charge in [-0.05, 0) is 62.6 Å². The second kappa shape index (κ2) is 7.97. The van der Waals surface area contributed by atoms with Crippen molar-refractivity contribution >= 4 is 17.5 Å². The average molecular weight is 344 g/mol. The number of carbonyl (C=O) groups is 2. The summed E-state index contributed by atoms with van der Waals surface area (Å²) in [6.45, 7) is 6.45. The van der Waals surface area contributed by atoms with Crippen molar-refractivity contribution in [3.8, 4) is 0 Å². The van der Waals surface area contributed by atoms with Crippen molar-refractivity contribution in [3.05, 3.63) is 29.8 Å². The number of carbonyl (C=O) groups excluding carboxylic acids is 2. The smallest absolute Gasteiger partial charge is 0.227 e. The number of amides is 2. The van der Waals surface area contributed by atoms with Gasteiger partial charge in [0.2, 0.25) is 11.8 Å². The van der Waals surface area contributed by atoms with Gasteiger partial charge in [-0.2, -0.15) is 0 Å². The minimum atomic E-state index is -0.180. The van der Waals surface area contributed by atoms with E-state index in [4.69, 9.17) is 5.73 Å². The number of anilines is 1. The third kappa shape index (κ3) is 4.58. The van der Waals surface area contributed by atoms with Crippen LogP contribution in [0.2, 0.25) is 0 Å². The molecule has 25 heavy (non-hydrogen) atoms. The van der Waals surface area contributed by atoms with Crippen molar-refractivity contribution in [1.82, 2.24) is 10.2 Å². The second-order valence-corrected chi connectivity index (χ2v) is 7.35. The molecule has 2 saturated heterocycles. The van der Waals surface area contributed by atoms with Crippen LogP contribution in [0.5, 0.6) is 0 Å². The summed E-state index contributed by atoms with van der Waals surface area (Å²) in [5.74, 6) is 0.392. The first-order chi connectivity index (χ1) is 12.0. The lowest BCUT2D eigenvalue weighted by atomic mass is 9.88. The van der Waals surface area contributed by atoms with Crippen LogP contribution < -0.4 is 16.4 Å². The Hall–Kier alpha value is -1.92. The van der Waals surface area contributed by atoms with Crippen molar-refractivity contribution < 1.29 is 9.59 Å². The van der Waals surface area contributed by atoms with Crippen LogP contribution in [-0.4, -0.2) is 42.9 Å². The average Bonchev–Trinajstić information content (AvgIpc) is 2.54. The highest BCUT2D eigenvalue weighted by Crippen LogP contribution is 2.21. The van der Waals surface area contributed by atoms with Gasteiger partial charge in [-0.3, -0.25) is 14.5 Å². The number of nitrogens with zero attached hydrogens (tertiary/aromatic N) is 1. The summed E-state index contributed by atoms with van der Waals surface area (Å²) >= 11 is 0. The number of rotatable bonds is 6. The molecule has 4 N–H and O–H groups in total. The Kier molecular flexibility index (Phi) is 5.71. The van der Waals surface area contributed by atoms with E-state index in [0.29, 0.717) is 5.92 Å². The summed E-state index contributed by atoms with van der Waals surface area (Å²) in [7, 11) is 0. The first-order valence-electron chi connectivity index (χ1n) is 9.15. The number of benzene rings is 1. The summed E-state index contributed by atoms with van der Waals surface area (Å²) in [5, 5.41) is 6.26. The molecule has 0 aliphatic carbocycles. The molecule has 2 amide bonds. The summed E-state index contributed by atoms with van der Waals surface area (Å²) in [5.41, 5.74) is 7.42. The molecule has 1 atom stereocenters. The van der Waals surface area contributed by atoms with Crippen LogP contribution in [0.3, 0.4) is 0 Å². The van der Waals surface area contributed by atoms with Crippen LogP contribution in [0.25, 0.3) is 0 Å². The molecule has 0 spiro atoms. The first kappa shape index (κ1) is 17.9. The maximum absolute atomic E-state index is 12.4. The lowest BCUT2D eigenvalue weighted by molar-refractivity contribution is -0.123. The van der Waals surface area contributed by atoms with Gasteiger partial charge in [-0.1, -0.05) is 19.1 Å². The van der Waals surface area contributed by atoms with Gasteiger partial charge in [0.15, 0.2) is 0 Å². The normalized spacial score (nSPS) is 20.7. The topological polar surface area (TPSA) is 87.5 Å².